The van der Waals surface area contributed by atoms with Crippen LogP contribution in [0.5, 0.6) is 0 Å². The van der Waals surface area contributed by atoms with Crippen molar-refractivity contribution in [3.05, 3.63) is 0 Å². The summed E-state index contributed by atoms with van der Waals surface area (Å²) in [5.74, 6) is -1.21. The summed E-state index contributed by atoms with van der Waals surface area (Å²) in [4.78, 5) is 15.6. The van der Waals surface area contributed by atoms with Gasteiger partial charge in [0.25, 0.3) is 0 Å². The number of aliphatic carboxylic acids is 1. The van der Waals surface area contributed by atoms with Gasteiger partial charge in [0.2, 0.25) is 0 Å². The zero-order chi connectivity index (χ0) is 8.72. The van der Waals surface area contributed by atoms with Crippen LogP contribution in [0, 0.1) is 5.92 Å². The smallest absolute Gasteiger partial charge is 0.354 e. The van der Waals surface area contributed by atoms with E-state index in [0.29, 0.717) is 0 Å². The van der Waals surface area contributed by atoms with Gasteiger partial charge in [-0.3, -0.25) is 0 Å². The highest BCUT2D eigenvalue weighted by molar-refractivity contribution is 6.37. The molecule has 1 aliphatic carbocycles. The van der Waals surface area contributed by atoms with E-state index in [9.17, 15) is 4.79 Å². The van der Waals surface area contributed by atoms with Crippen molar-refractivity contribution in [2.24, 2.45) is 16.8 Å². The third-order valence-electron chi connectivity index (χ3n) is 2.47. The van der Waals surface area contributed by atoms with Gasteiger partial charge < -0.3 is 15.7 Å². The van der Waals surface area contributed by atoms with Crippen molar-refractivity contribution >= 4 is 11.7 Å². The van der Waals surface area contributed by atoms with E-state index < -0.39 is 5.97 Å². The van der Waals surface area contributed by atoms with Crippen molar-refractivity contribution in [2.75, 3.05) is 0 Å². The predicted octanol–water partition coefficient (Wildman–Crippen LogP) is -0.437. The summed E-state index contributed by atoms with van der Waals surface area (Å²) in [5.41, 5.74) is 5.81. The zero-order valence-electron chi connectivity index (χ0n) is 6.43. The number of oxime groups is 1. The molecular weight excluding hydrogens is 160 g/mol. The maximum atomic E-state index is 10.6. The van der Waals surface area contributed by atoms with Crippen LogP contribution in [0.3, 0.4) is 0 Å². The summed E-state index contributed by atoms with van der Waals surface area (Å²) >= 11 is 0. The van der Waals surface area contributed by atoms with Crippen LogP contribution in [0.1, 0.15) is 12.8 Å². The molecule has 5 heteroatoms. The molecule has 0 aromatic heterocycles. The molecule has 0 bridgehead atoms. The zero-order valence-corrected chi connectivity index (χ0v) is 6.43. The molecule has 12 heavy (non-hydrogen) atoms. The molecule has 5 nitrogen and oxygen atoms in total. The van der Waals surface area contributed by atoms with Crippen molar-refractivity contribution in [1.29, 1.82) is 0 Å². The van der Waals surface area contributed by atoms with Gasteiger partial charge in [-0.05, 0) is 12.8 Å². The van der Waals surface area contributed by atoms with Gasteiger partial charge in [0.1, 0.15) is 6.10 Å². The Kier molecular flexibility index (Phi) is 1.54. The van der Waals surface area contributed by atoms with Gasteiger partial charge in [0, 0.05) is 6.04 Å². The number of carboxylic acids is 1. The quantitative estimate of drug-likeness (QED) is 0.558. The molecule has 0 radical (unpaired) electrons. The first-order valence-corrected chi connectivity index (χ1v) is 3.92. The minimum atomic E-state index is -1.01. The second-order valence-corrected chi connectivity index (χ2v) is 3.19. The Morgan fingerprint density at radius 1 is 1.67 bits per heavy atom. The lowest BCUT2D eigenvalue weighted by Crippen LogP contribution is -2.36. The fraction of sp³-hybridized carbons (Fsp3) is 0.714. The van der Waals surface area contributed by atoms with Gasteiger partial charge in [0.05, 0.1) is 5.92 Å². The fourth-order valence-corrected chi connectivity index (χ4v) is 1.86. The Labute approximate surface area is 69.2 Å². The average Bonchev–Trinajstić information content (AvgIpc) is 2.53. The number of nitrogens with two attached hydrogens (primary N) is 1. The van der Waals surface area contributed by atoms with E-state index in [-0.39, 0.29) is 23.8 Å². The first-order valence-electron chi connectivity index (χ1n) is 3.92. The molecule has 0 aromatic rings. The standard InChI is InChI=1S/C7H10N2O3/c8-3-1-2-4-5(3)6(7(10)11)9-12-4/h3-5H,1-2,8H2,(H,10,11)/t3-,4?,5?/m1/s1. The molecule has 2 aliphatic rings. The average molecular weight is 170 g/mol. The lowest BCUT2D eigenvalue weighted by Gasteiger charge is -2.10. The summed E-state index contributed by atoms with van der Waals surface area (Å²) in [5, 5.41) is 12.2. The summed E-state index contributed by atoms with van der Waals surface area (Å²) in [7, 11) is 0. The van der Waals surface area contributed by atoms with Crippen LogP contribution in [-0.4, -0.2) is 28.9 Å². The number of fused-ring (bicyclic) bond motifs is 1. The minimum absolute atomic E-state index is 0.0880. The maximum absolute atomic E-state index is 10.6. The van der Waals surface area contributed by atoms with Gasteiger partial charge in [0.15, 0.2) is 5.71 Å². The normalized spacial score (nSPS) is 38.8. The van der Waals surface area contributed by atoms with Crippen LogP contribution in [0.4, 0.5) is 0 Å². The maximum Gasteiger partial charge on any atom is 0.354 e. The highest BCUT2D eigenvalue weighted by atomic mass is 16.6. The van der Waals surface area contributed by atoms with Crippen LogP contribution in [0.15, 0.2) is 5.16 Å². The molecule has 1 aliphatic heterocycles. The summed E-state index contributed by atoms with van der Waals surface area (Å²) < 4.78 is 0. The second-order valence-electron chi connectivity index (χ2n) is 3.19. The monoisotopic (exact) mass is 170 g/mol. The van der Waals surface area contributed by atoms with Gasteiger partial charge in [-0.25, -0.2) is 4.79 Å². The lowest BCUT2D eigenvalue weighted by molar-refractivity contribution is -0.129. The van der Waals surface area contributed by atoms with Crippen molar-refractivity contribution in [1.82, 2.24) is 0 Å². The topological polar surface area (TPSA) is 84.9 Å². The highest BCUT2D eigenvalue weighted by Gasteiger charge is 2.46. The molecule has 66 valence electrons. The van der Waals surface area contributed by atoms with E-state index >= 15 is 0 Å². The number of carboxylic acid groups (broad SMARTS) is 1. The Morgan fingerprint density at radius 3 is 3.08 bits per heavy atom. The molecule has 0 spiro atoms. The van der Waals surface area contributed by atoms with E-state index in [0.717, 1.165) is 12.8 Å². The Balaban J connectivity index is 2.22. The molecule has 2 unspecified atom stereocenters. The second kappa shape index (κ2) is 2.45. The first kappa shape index (κ1) is 7.54. The molecule has 0 amide bonds. The third-order valence-corrected chi connectivity index (χ3v) is 2.47. The van der Waals surface area contributed by atoms with E-state index in [1.54, 1.807) is 0 Å². The largest absolute Gasteiger partial charge is 0.477 e. The van der Waals surface area contributed by atoms with Crippen molar-refractivity contribution in [3.63, 3.8) is 0 Å². The molecule has 1 heterocycles. The van der Waals surface area contributed by atoms with E-state index in [1.807, 2.05) is 0 Å². The van der Waals surface area contributed by atoms with Gasteiger partial charge in [-0.15, -0.1) is 0 Å². The van der Waals surface area contributed by atoms with E-state index in [2.05, 4.69) is 5.16 Å². The van der Waals surface area contributed by atoms with Crippen LogP contribution in [0.2, 0.25) is 0 Å². The first-order chi connectivity index (χ1) is 5.70. The molecular formula is C7H10N2O3. The Morgan fingerprint density at radius 2 is 2.42 bits per heavy atom. The molecule has 0 aromatic carbocycles. The minimum Gasteiger partial charge on any atom is -0.477 e. The van der Waals surface area contributed by atoms with Crippen LogP contribution < -0.4 is 5.73 Å². The third kappa shape index (κ3) is 0.896. The van der Waals surface area contributed by atoms with Gasteiger partial charge in [-0.1, -0.05) is 5.16 Å². The lowest BCUT2D eigenvalue weighted by atomic mass is 9.97. The molecule has 2 rings (SSSR count). The van der Waals surface area contributed by atoms with Gasteiger partial charge in [-0.2, -0.15) is 0 Å². The predicted molar refractivity (Wildman–Crippen MR) is 40.6 cm³/mol. The van der Waals surface area contributed by atoms with Crippen LogP contribution >= 0.6 is 0 Å². The number of hydrogen-bond acceptors (Lipinski definition) is 4. The Hall–Kier alpha value is -1.10. The van der Waals surface area contributed by atoms with Crippen LogP contribution in [0.25, 0.3) is 0 Å². The van der Waals surface area contributed by atoms with Gasteiger partial charge >= 0.3 is 5.97 Å². The molecule has 1 saturated carbocycles. The number of nitrogens with zero attached hydrogens (tertiary/aromatic N) is 1. The summed E-state index contributed by atoms with van der Waals surface area (Å²) in [6, 6.07) is -0.104. The molecule has 3 atom stereocenters. The molecule has 3 N–H and O–H groups in total. The van der Waals surface area contributed by atoms with Crippen molar-refractivity contribution < 1.29 is 14.7 Å². The number of hydrogen-bond donors (Lipinski definition) is 2. The number of rotatable bonds is 1. The number of carbonyl (C=O) groups is 1. The Bertz CT molecular complexity index is 251. The molecule has 0 saturated heterocycles. The SMILES string of the molecule is N[C@@H]1CCC2ON=C(C(=O)O)C21. The highest BCUT2D eigenvalue weighted by Crippen LogP contribution is 2.33. The fourth-order valence-electron chi connectivity index (χ4n) is 1.86. The van der Waals surface area contributed by atoms with Crippen LogP contribution in [-0.2, 0) is 9.63 Å². The van der Waals surface area contributed by atoms with E-state index in [4.69, 9.17) is 15.7 Å². The van der Waals surface area contributed by atoms with Crippen molar-refractivity contribution in [3.8, 4) is 0 Å². The summed E-state index contributed by atoms with van der Waals surface area (Å²) in [6.07, 6.45) is 1.54. The molecule has 1 fully saturated rings. The van der Waals surface area contributed by atoms with Crippen molar-refractivity contribution in [2.45, 2.75) is 25.0 Å². The van der Waals surface area contributed by atoms with E-state index in [1.165, 1.54) is 0 Å². The summed E-state index contributed by atoms with van der Waals surface area (Å²) in [6.45, 7) is 0.